The second kappa shape index (κ2) is 8.61. The Kier molecular flexibility index (Phi) is 5.94. The van der Waals surface area contributed by atoms with Crippen molar-refractivity contribution in [2.45, 2.75) is 46.9 Å². The van der Waals surface area contributed by atoms with E-state index < -0.39 is 0 Å². The van der Waals surface area contributed by atoms with Crippen molar-refractivity contribution in [3.8, 4) is 0 Å². The van der Waals surface area contributed by atoms with E-state index in [0.29, 0.717) is 6.61 Å². The number of hydrogen-bond donors (Lipinski definition) is 1. The molecule has 29 heavy (non-hydrogen) atoms. The van der Waals surface area contributed by atoms with E-state index in [4.69, 9.17) is 9.72 Å². The molecule has 0 radical (unpaired) electrons. The number of anilines is 2. The van der Waals surface area contributed by atoms with Crippen LogP contribution in [0, 0.1) is 20.8 Å². The van der Waals surface area contributed by atoms with Gasteiger partial charge >= 0.3 is 0 Å². The molecule has 1 aliphatic heterocycles. The van der Waals surface area contributed by atoms with Crippen LogP contribution in [0.25, 0.3) is 0 Å². The lowest BCUT2D eigenvalue weighted by molar-refractivity contribution is -0.0349. The molecule has 8 heteroatoms. The first-order chi connectivity index (χ1) is 14.0. The highest BCUT2D eigenvalue weighted by Gasteiger charge is 2.24. The van der Waals surface area contributed by atoms with Gasteiger partial charge in [0.1, 0.15) is 11.9 Å². The molecule has 0 spiro atoms. The van der Waals surface area contributed by atoms with Crippen LogP contribution in [-0.4, -0.2) is 44.3 Å². The molecule has 1 atom stereocenters. The van der Waals surface area contributed by atoms with E-state index in [0.717, 1.165) is 54.2 Å². The number of hydrogen-bond acceptors (Lipinski definition) is 7. The van der Waals surface area contributed by atoms with E-state index in [-0.39, 0.29) is 6.10 Å². The van der Waals surface area contributed by atoms with Crippen LogP contribution in [0.5, 0.6) is 0 Å². The molecule has 0 saturated carbocycles. The average molecular weight is 413 g/mol. The van der Waals surface area contributed by atoms with Gasteiger partial charge in [-0.05, 0) is 39.8 Å². The number of aryl methyl sites for hydroxylation is 4. The van der Waals surface area contributed by atoms with E-state index in [1.165, 1.54) is 10.4 Å². The van der Waals surface area contributed by atoms with Crippen molar-refractivity contribution in [3.63, 3.8) is 0 Å². The topological polar surface area (TPSA) is 68.1 Å². The monoisotopic (exact) mass is 412 g/mol. The molecule has 0 aromatic carbocycles. The zero-order valence-electron chi connectivity index (χ0n) is 17.5. The molecule has 154 valence electrons. The largest absolute Gasteiger partial charge is 0.369 e. The molecule has 3 aromatic heterocycles. The molecule has 1 aliphatic rings. The van der Waals surface area contributed by atoms with Gasteiger partial charge in [-0.25, -0.2) is 9.97 Å². The van der Waals surface area contributed by atoms with E-state index in [1.54, 1.807) is 11.3 Å². The zero-order valence-corrected chi connectivity index (χ0v) is 18.3. The van der Waals surface area contributed by atoms with Crippen LogP contribution in [-0.2, 0) is 17.8 Å². The third kappa shape index (κ3) is 4.66. The molecule has 1 saturated heterocycles. The fourth-order valence-electron chi connectivity index (χ4n) is 3.48. The number of ether oxygens (including phenoxy) is 1. The summed E-state index contributed by atoms with van der Waals surface area (Å²) in [6.07, 6.45) is 2.12. The highest BCUT2D eigenvalue weighted by Crippen LogP contribution is 2.27. The lowest BCUT2D eigenvalue weighted by atomic mass is 10.1. The molecule has 3 aromatic rings. The quantitative estimate of drug-likeness (QED) is 0.660. The van der Waals surface area contributed by atoms with Gasteiger partial charge in [0.05, 0.1) is 23.7 Å². The maximum atomic E-state index is 6.05. The smallest absolute Gasteiger partial charge is 0.188 e. The van der Waals surface area contributed by atoms with Crippen LogP contribution in [0.3, 0.4) is 0 Å². The molecule has 1 unspecified atom stereocenters. The Labute approximate surface area is 175 Å². The van der Waals surface area contributed by atoms with Crippen molar-refractivity contribution < 1.29 is 4.74 Å². The summed E-state index contributed by atoms with van der Waals surface area (Å²) in [6.45, 7) is 12.5. The fourth-order valence-corrected chi connectivity index (χ4v) is 4.30. The summed E-state index contributed by atoms with van der Waals surface area (Å²) >= 11 is 1.65. The van der Waals surface area contributed by atoms with Crippen LogP contribution >= 0.6 is 11.3 Å². The van der Waals surface area contributed by atoms with E-state index in [1.807, 2.05) is 29.8 Å². The van der Waals surface area contributed by atoms with Gasteiger partial charge in [0.25, 0.3) is 0 Å². The van der Waals surface area contributed by atoms with Gasteiger partial charge in [0, 0.05) is 42.8 Å². The molecule has 1 fully saturated rings. The average Bonchev–Trinajstić information content (AvgIpc) is 3.23. The van der Waals surface area contributed by atoms with Crippen LogP contribution in [0.15, 0.2) is 24.4 Å². The second-order valence-corrected chi connectivity index (χ2v) is 8.63. The minimum atomic E-state index is -0.0354. The number of rotatable bonds is 6. The van der Waals surface area contributed by atoms with Crippen molar-refractivity contribution in [1.82, 2.24) is 24.6 Å². The minimum absolute atomic E-state index is 0.0354. The number of thiazole rings is 1. The molecule has 4 rings (SSSR count). The number of pyridine rings is 1. The lowest BCUT2D eigenvalue weighted by Gasteiger charge is -2.32. The van der Waals surface area contributed by atoms with Gasteiger partial charge in [0.15, 0.2) is 5.13 Å². The van der Waals surface area contributed by atoms with Gasteiger partial charge in [0.2, 0.25) is 0 Å². The first-order valence-electron chi connectivity index (χ1n) is 10.1. The number of nitrogens with zero attached hydrogens (tertiary/aromatic N) is 5. The van der Waals surface area contributed by atoms with Crippen LogP contribution in [0.2, 0.25) is 0 Å². The number of morpholine rings is 1. The zero-order chi connectivity index (χ0) is 20.4. The van der Waals surface area contributed by atoms with Crippen molar-refractivity contribution in [2.24, 2.45) is 0 Å². The van der Waals surface area contributed by atoms with Gasteiger partial charge < -0.3 is 10.1 Å². The Bertz CT molecular complexity index is 962. The molecule has 4 heterocycles. The lowest BCUT2D eigenvalue weighted by Crippen LogP contribution is -2.38. The maximum absolute atomic E-state index is 6.05. The normalized spacial score (nSPS) is 17.6. The third-order valence-corrected chi connectivity index (χ3v) is 6.27. The van der Waals surface area contributed by atoms with Crippen molar-refractivity contribution in [2.75, 3.05) is 25.0 Å². The number of nitrogens with one attached hydrogen (secondary N) is 1. The highest BCUT2D eigenvalue weighted by atomic mass is 32.1. The van der Waals surface area contributed by atoms with Crippen LogP contribution < -0.4 is 5.32 Å². The minimum Gasteiger partial charge on any atom is -0.369 e. The summed E-state index contributed by atoms with van der Waals surface area (Å²) in [5, 5.41) is 8.77. The van der Waals surface area contributed by atoms with Crippen molar-refractivity contribution in [1.29, 1.82) is 0 Å². The summed E-state index contributed by atoms with van der Waals surface area (Å²) in [5.41, 5.74) is 4.39. The first kappa shape index (κ1) is 20.0. The Morgan fingerprint density at radius 1 is 1.21 bits per heavy atom. The predicted octanol–water partition coefficient (Wildman–Crippen LogP) is 4.00. The molecular weight excluding hydrogens is 384 g/mol. The molecule has 0 amide bonds. The SMILES string of the molecule is CCn1cc(CN2CCOC(c3cccc(Nc4nc(C)c(C)s4)n3)C2)c(C)n1. The molecular formula is C21H28N6OS. The summed E-state index contributed by atoms with van der Waals surface area (Å²) < 4.78 is 8.05. The van der Waals surface area contributed by atoms with Crippen LogP contribution in [0.1, 0.15) is 40.6 Å². The summed E-state index contributed by atoms with van der Waals surface area (Å²) in [6, 6.07) is 6.03. The van der Waals surface area contributed by atoms with Crippen molar-refractivity contribution >= 4 is 22.3 Å². The Morgan fingerprint density at radius 3 is 2.79 bits per heavy atom. The van der Waals surface area contributed by atoms with Gasteiger partial charge in [-0.3, -0.25) is 9.58 Å². The first-order valence-corrected chi connectivity index (χ1v) is 10.9. The van der Waals surface area contributed by atoms with Gasteiger partial charge in [-0.15, -0.1) is 11.3 Å². The molecule has 0 bridgehead atoms. The Hall–Kier alpha value is -2.29. The second-order valence-electron chi connectivity index (χ2n) is 7.42. The Balaban J connectivity index is 1.44. The van der Waals surface area contributed by atoms with Crippen molar-refractivity contribution in [3.05, 3.63) is 51.9 Å². The van der Waals surface area contributed by atoms with Gasteiger partial charge in [-0.2, -0.15) is 5.10 Å². The summed E-state index contributed by atoms with van der Waals surface area (Å²) in [4.78, 5) is 13.0. The van der Waals surface area contributed by atoms with E-state index >= 15 is 0 Å². The maximum Gasteiger partial charge on any atom is 0.188 e. The highest BCUT2D eigenvalue weighted by molar-refractivity contribution is 7.15. The van der Waals surface area contributed by atoms with Gasteiger partial charge in [-0.1, -0.05) is 6.07 Å². The third-order valence-electron chi connectivity index (χ3n) is 5.28. The van der Waals surface area contributed by atoms with Crippen LogP contribution in [0.4, 0.5) is 10.9 Å². The standard InChI is InChI=1S/C21H28N6OS/c1-5-27-12-17(15(3)25-27)11-26-9-10-28-19(13-26)18-7-6-8-20(23-18)24-21-22-14(2)16(4)29-21/h6-8,12,19H,5,9-11,13H2,1-4H3,(H,22,23,24). The number of aromatic nitrogens is 4. The fraction of sp³-hybridized carbons (Fsp3) is 0.476. The Morgan fingerprint density at radius 2 is 2.07 bits per heavy atom. The van der Waals surface area contributed by atoms with E-state index in [9.17, 15) is 0 Å². The summed E-state index contributed by atoms with van der Waals surface area (Å²) in [5.74, 6) is 0.803. The molecule has 1 N–H and O–H groups in total. The molecule has 7 nitrogen and oxygen atoms in total. The summed E-state index contributed by atoms with van der Waals surface area (Å²) in [7, 11) is 0. The molecule has 0 aliphatic carbocycles. The van der Waals surface area contributed by atoms with E-state index in [2.05, 4.69) is 47.3 Å². The predicted molar refractivity (Wildman–Crippen MR) is 116 cm³/mol.